The Labute approximate surface area is 155 Å². The van der Waals surface area contributed by atoms with Crippen LogP contribution in [0.2, 0.25) is 0 Å². The molecule has 3 aromatic heterocycles. The highest BCUT2D eigenvalue weighted by Gasteiger charge is 2.07. The van der Waals surface area contributed by atoms with Gasteiger partial charge in [0.2, 0.25) is 11.9 Å². The molecule has 9 heteroatoms. The largest absolute Gasteiger partial charge is 0.463 e. The van der Waals surface area contributed by atoms with Gasteiger partial charge in [0, 0.05) is 30.6 Å². The van der Waals surface area contributed by atoms with E-state index >= 15 is 0 Å². The first kappa shape index (κ1) is 17.5. The quantitative estimate of drug-likeness (QED) is 0.527. The number of hydrogen-bond donors (Lipinski definition) is 2. The van der Waals surface area contributed by atoms with Gasteiger partial charge in [0.1, 0.15) is 5.69 Å². The van der Waals surface area contributed by atoms with E-state index < -0.39 is 0 Å². The molecule has 3 heterocycles. The van der Waals surface area contributed by atoms with E-state index in [1.54, 1.807) is 47.6 Å². The SMILES string of the molecule is CCn1cc(/C=C/C(=O)NC(=S)Nc2nccc(-c3ccco3)n2)cn1. The number of nitrogens with zero attached hydrogens (tertiary/aromatic N) is 4. The summed E-state index contributed by atoms with van der Waals surface area (Å²) in [5, 5.41) is 9.54. The van der Waals surface area contributed by atoms with Gasteiger partial charge in [-0.2, -0.15) is 5.10 Å². The van der Waals surface area contributed by atoms with Gasteiger partial charge in [0.05, 0.1) is 12.5 Å². The van der Waals surface area contributed by atoms with E-state index in [1.807, 2.05) is 13.1 Å². The van der Waals surface area contributed by atoms with Crippen LogP contribution in [-0.2, 0) is 11.3 Å². The zero-order valence-corrected chi connectivity index (χ0v) is 14.7. The summed E-state index contributed by atoms with van der Waals surface area (Å²) >= 11 is 5.11. The topological polar surface area (TPSA) is 97.9 Å². The summed E-state index contributed by atoms with van der Waals surface area (Å²) in [6, 6.07) is 5.27. The van der Waals surface area contributed by atoms with E-state index in [9.17, 15) is 4.79 Å². The van der Waals surface area contributed by atoms with Crippen LogP contribution in [0, 0.1) is 0 Å². The van der Waals surface area contributed by atoms with E-state index in [0.29, 0.717) is 11.5 Å². The lowest BCUT2D eigenvalue weighted by Gasteiger charge is -2.07. The second-order valence-electron chi connectivity index (χ2n) is 5.15. The average molecular weight is 368 g/mol. The first-order valence-corrected chi connectivity index (χ1v) is 8.24. The lowest BCUT2D eigenvalue weighted by molar-refractivity contribution is -0.115. The molecule has 132 valence electrons. The molecule has 0 atom stereocenters. The summed E-state index contributed by atoms with van der Waals surface area (Å²) in [6.07, 6.45) is 9.69. The standard InChI is InChI=1S/C17H16N6O2S/c1-2-23-11-12(10-19-23)5-6-15(24)21-17(26)22-16-18-8-7-13(20-16)14-4-3-9-25-14/h3-11H,2H2,1H3,(H2,18,20,21,22,24,26)/b6-5+. The first-order valence-electron chi connectivity index (χ1n) is 7.83. The Bertz CT molecular complexity index is 932. The normalized spacial score (nSPS) is 10.8. The maximum absolute atomic E-state index is 11.9. The van der Waals surface area contributed by atoms with Crippen LogP contribution < -0.4 is 10.6 Å². The number of aryl methyl sites for hydroxylation is 1. The number of furan rings is 1. The number of hydrogen-bond acceptors (Lipinski definition) is 6. The summed E-state index contributed by atoms with van der Waals surface area (Å²) < 4.78 is 7.06. The maximum Gasteiger partial charge on any atom is 0.250 e. The Morgan fingerprint density at radius 1 is 1.42 bits per heavy atom. The molecular formula is C17H16N6O2S. The van der Waals surface area contributed by atoms with Crippen LogP contribution in [0.15, 0.2) is 53.5 Å². The van der Waals surface area contributed by atoms with Crippen molar-refractivity contribution >= 4 is 35.3 Å². The van der Waals surface area contributed by atoms with Gasteiger partial charge in [0.25, 0.3) is 0 Å². The van der Waals surface area contributed by atoms with Gasteiger partial charge in [-0.3, -0.25) is 14.8 Å². The molecule has 0 aliphatic heterocycles. The molecule has 0 spiro atoms. The fraction of sp³-hybridized carbons (Fsp3) is 0.118. The van der Waals surface area contributed by atoms with Crippen molar-refractivity contribution in [3.8, 4) is 11.5 Å². The van der Waals surface area contributed by atoms with E-state index in [4.69, 9.17) is 16.6 Å². The van der Waals surface area contributed by atoms with Crippen molar-refractivity contribution in [2.75, 3.05) is 5.32 Å². The molecule has 0 saturated heterocycles. The minimum Gasteiger partial charge on any atom is -0.463 e. The molecule has 3 aromatic rings. The predicted octanol–water partition coefficient (Wildman–Crippen LogP) is 2.48. The molecule has 0 fully saturated rings. The molecule has 0 saturated carbocycles. The van der Waals surface area contributed by atoms with E-state index in [-0.39, 0.29) is 17.0 Å². The van der Waals surface area contributed by atoms with Crippen LogP contribution in [-0.4, -0.2) is 30.8 Å². The van der Waals surface area contributed by atoms with Crippen molar-refractivity contribution in [2.45, 2.75) is 13.5 Å². The minimum absolute atomic E-state index is 0.0977. The number of carbonyl (C=O) groups excluding carboxylic acids is 1. The summed E-state index contributed by atoms with van der Waals surface area (Å²) in [6.45, 7) is 2.76. The molecule has 0 bridgehead atoms. The summed E-state index contributed by atoms with van der Waals surface area (Å²) in [5.74, 6) is 0.507. The van der Waals surface area contributed by atoms with Crippen LogP contribution in [0.4, 0.5) is 5.95 Å². The number of thiocarbonyl (C=S) groups is 1. The van der Waals surface area contributed by atoms with Crippen molar-refractivity contribution in [3.63, 3.8) is 0 Å². The number of nitrogens with one attached hydrogen (secondary N) is 2. The summed E-state index contributed by atoms with van der Waals surface area (Å²) in [7, 11) is 0. The Morgan fingerprint density at radius 3 is 3.04 bits per heavy atom. The summed E-state index contributed by atoms with van der Waals surface area (Å²) in [5.41, 5.74) is 1.44. The lowest BCUT2D eigenvalue weighted by Crippen LogP contribution is -2.33. The number of amides is 1. The third kappa shape index (κ3) is 4.61. The third-order valence-electron chi connectivity index (χ3n) is 3.30. The average Bonchev–Trinajstić information content (AvgIpc) is 3.32. The highest BCUT2D eigenvalue weighted by molar-refractivity contribution is 7.80. The van der Waals surface area contributed by atoms with E-state index in [2.05, 4.69) is 25.7 Å². The lowest BCUT2D eigenvalue weighted by atomic mass is 10.3. The van der Waals surface area contributed by atoms with Gasteiger partial charge < -0.3 is 9.73 Å². The van der Waals surface area contributed by atoms with Crippen LogP contribution in [0.25, 0.3) is 17.5 Å². The molecule has 0 radical (unpaired) electrons. The van der Waals surface area contributed by atoms with Crippen LogP contribution in [0.5, 0.6) is 0 Å². The van der Waals surface area contributed by atoms with Gasteiger partial charge in [0.15, 0.2) is 10.9 Å². The molecule has 2 N–H and O–H groups in total. The summed E-state index contributed by atoms with van der Waals surface area (Å²) in [4.78, 5) is 20.3. The van der Waals surface area contributed by atoms with Crippen LogP contribution >= 0.6 is 12.2 Å². The van der Waals surface area contributed by atoms with Crippen molar-refractivity contribution in [1.29, 1.82) is 0 Å². The number of anilines is 1. The zero-order chi connectivity index (χ0) is 18.4. The Morgan fingerprint density at radius 2 is 2.31 bits per heavy atom. The van der Waals surface area contributed by atoms with Crippen molar-refractivity contribution in [3.05, 3.63) is 54.7 Å². The van der Waals surface area contributed by atoms with Gasteiger partial charge in [-0.25, -0.2) is 9.97 Å². The van der Waals surface area contributed by atoms with Gasteiger partial charge in [-0.15, -0.1) is 0 Å². The number of aromatic nitrogens is 4. The predicted molar refractivity (Wildman–Crippen MR) is 101 cm³/mol. The molecule has 0 unspecified atom stereocenters. The van der Waals surface area contributed by atoms with Crippen molar-refractivity contribution in [2.24, 2.45) is 0 Å². The molecule has 26 heavy (non-hydrogen) atoms. The molecule has 8 nitrogen and oxygen atoms in total. The Balaban J connectivity index is 1.56. The maximum atomic E-state index is 11.9. The van der Waals surface area contributed by atoms with Gasteiger partial charge in [-0.1, -0.05) is 0 Å². The number of rotatable bonds is 5. The smallest absolute Gasteiger partial charge is 0.250 e. The second kappa shape index (κ2) is 8.17. The van der Waals surface area contributed by atoms with Crippen LogP contribution in [0.1, 0.15) is 12.5 Å². The van der Waals surface area contributed by atoms with Crippen molar-refractivity contribution < 1.29 is 9.21 Å². The van der Waals surface area contributed by atoms with E-state index in [0.717, 1.165) is 12.1 Å². The Hall–Kier alpha value is -3.33. The van der Waals surface area contributed by atoms with Gasteiger partial charge >= 0.3 is 0 Å². The molecule has 3 rings (SSSR count). The van der Waals surface area contributed by atoms with Gasteiger partial charge in [-0.05, 0) is 43.4 Å². The Kier molecular flexibility index (Phi) is 5.49. The molecule has 0 aromatic carbocycles. The number of carbonyl (C=O) groups is 1. The molecular weight excluding hydrogens is 352 g/mol. The fourth-order valence-electron chi connectivity index (χ4n) is 2.08. The highest BCUT2D eigenvalue weighted by Crippen LogP contribution is 2.17. The molecule has 0 aliphatic rings. The van der Waals surface area contributed by atoms with Crippen LogP contribution in [0.3, 0.4) is 0 Å². The minimum atomic E-state index is -0.367. The molecule has 0 aliphatic carbocycles. The van der Waals surface area contributed by atoms with E-state index in [1.165, 1.54) is 6.08 Å². The fourth-order valence-corrected chi connectivity index (χ4v) is 2.27. The zero-order valence-electron chi connectivity index (χ0n) is 13.9. The third-order valence-corrected chi connectivity index (χ3v) is 3.50. The monoisotopic (exact) mass is 368 g/mol. The second-order valence-corrected chi connectivity index (χ2v) is 5.56. The molecule has 1 amide bonds. The van der Waals surface area contributed by atoms with Crippen molar-refractivity contribution in [1.82, 2.24) is 25.1 Å². The highest BCUT2D eigenvalue weighted by atomic mass is 32.1. The first-order chi connectivity index (χ1) is 12.6.